The Morgan fingerprint density at radius 1 is 0.491 bits per heavy atom. The third-order valence-corrected chi connectivity index (χ3v) is 9.87. The highest BCUT2D eigenvalue weighted by Crippen LogP contribution is 2.36. The molecule has 310 valence electrons. The van der Waals surface area contributed by atoms with Crippen molar-refractivity contribution >= 4 is 19.8 Å². The molecular weight excluding hydrogens is 687 g/mol. The van der Waals surface area contributed by atoms with Crippen LogP contribution in [0.1, 0.15) is 213 Å². The molecule has 0 saturated heterocycles. The quantitative estimate of drug-likeness (QED) is 0.0274. The van der Waals surface area contributed by atoms with Gasteiger partial charge in [0.15, 0.2) is 6.10 Å². The number of hydrogen-bond acceptors (Lipinski definition) is 6. The molecule has 8 nitrogen and oxygen atoms in total. The summed E-state index contributed by atoms with van der Waals surface area (Å²) in [5.41, 5.74) is 0. The van der Waals surface area contributed by atoms with Gasteiger partial charge in [0.25, 0.3) is 0 Å². The van der Waals surface area contributed by atoms with Crippen molar-refractivity contribution in [2.75, 3.05) is 13.2 Å². The zero-order chi connectivity index (χ0) is 38.9. The normalized spacial score (nSPS) is 12.8. The Balaban J connectivity index is 3.91. The first-order valence-corrected chi connectivity index (χ1v) is 23.3. The molecule has 0 amide bonds. The van der Waals surface area contributed by atoms with Gasteiger partial charge in [-0.25, -0.2) is 4.57 Å². The maximum absolute atomic E-state index is 12.4. The highest BCUT2D eigenvalue weighted by atomic mass is 31.2. The van der Waals surface area contributed by atoms with Crippen molar-refractivity contribution < 1.29 is 37.9 Å². The summed E-state index contributed by atoms with van der Waals surface area (Å²) >= 11 is 0. The van der Waals surface area contributed by atoms with Crippen molar-refractivity contribution in [2.45, 2.75) is 219 Å². The van der Waals surface area contributed by atoms with Gasteiger partial charge in [-0.05, 0) is 70.6 Å². The number of esters is 2. The van der Waals surface area contributed by atoms with Crippen LogP contribution in [0.4, 0.5) is 0 Å². The number of unbranched alkanes of at least 4 members (excludes halogenated alkanes) is 24. The predicted octanol–water partition coefficient (Wildman–Crippen LogP) is 13.4. The molecule has 0 heterocycles. The zero-order valence-electron chi connectivity index (χ0n) is 34.2. The minimum atomic E-state index is -4.76. The summed E-state index contributed by atoms with van der Waals surface area (Å²) in [7, 11) is -4.76. The van der Waals surface area contributed by atoms with E-state index in [2.05, 4.69) is 54.8 Å². The molecule has 9 heteroatoms. The number of carbonyl (C=O) groups is 2. The maximum Gasteiger partial charge on any atom is 0.469 e. The molecular formula is C44H81O8P. The summed E-state index contributed by atoms with van der Waals surface area (Å²) in [4.78, 5) is 42.9. The van der Waals surface area contributed by atoms with Gasteiger partial charge in [-0.3, -0.25) is 14.1 Å². The molecule has 0 saturated carbocycles. The topological polar surface area (TPSA) is 119 Å². The number of rotatable bonds is 40. The van der Waals surface area contributed by atoms with E-state index in [4.69, 9.17) is 19.3 Å². The second kappa shape index (κ2) is 39.9. The van der Waals surface area contributed by atoms with Gasteiger partial charge in [-0.15, -0.1) is 0 Å². The van der Waals surface area contributed by atoms with E-state index in [1.165, 1.54) is 109 Å². The van der Waals surface area contributed by atoms with Gasteiger partial charge in [-0.2, -0.15) is 0 Å². The molecule has 1 unspecified atom stereocenters. The van der Waals surface area contributed by atoms with Gasteiger partial charge < -0.3 is 19.3 Å². The zero-order valence-corrected chi connectivity index (χ0v) is 35.1. The van der Waals surface area contributed by atoms with Gasteiger partial charge >= 0.3 is 19.8 Å². The smallest absolute Gasteiger partial charge is 0.462 e. The van der Waals surface area contributed by atoms with Crippen LogP contribution in [0.5, 0.6) is 0 Å². The predicted molar refractivity (Wildman–Crippen MR) is 221 cm³/mol. The first-order chi connectivity index (χ1) is 25.8. The molecule has 0 spiro atoms. The lowest BCUT2D eigenvalue weighted by molar-refractivity contribution is -0.161. The highest BCUT2D eigenvalue weighted by molar-refractivity contribution is 7.46. The van der Waals surface area contributed by atoms with Crippen molar-refractivity contribution in [3.8, 4) is 0 Å². The molecule has 0 aromatic carbocycles. The standard InChI is InChI=1S/C44H81O8P/c1-3-5-7-9-11-13-15-17-19-21-22-23-25-27-29-31-33-35-37-39-44(46)52-42(41-51-53(47,48)49)40-50-43(45)38-36-34-32-30-28-26-24-20-18-16-14-12-10-8-6-4-2/h11,13,17,19-20,24,42H,3-10,12,14-16,18,21-23,25-41H2,1-2H3,(H2,47,48,49)/b13-11-,19-17-,24-20-. The molecule has 0 rings (SSSR count). The van der Waals surface area contributed by atoms with Crippen LogP contribution >= 0.6 is 7.82 Å². The lowest BCUT2D eigenvalue weighted by Gasteiger charge is -2.18. The summed E-state index contributed by atoms with van der Waals surface area (Å²) in [5, 5.41) is 0. The molecule has 0 aromatic heterocycles. The van der Waals surface area contributed by atoms with Crippen LogP contribution in [-0.2, 0) is 28.2 Å². The number of allylic oxidation sites excluding steroid dienone is 6. The lowest BCUT2D eigenvalue weighted by atomic mass is 10.1. The van der Waals surface area contributed by atoms with Crippen LogP contribution in [0.25, 0.3) is 0 Å². The molecule has 0 aliphatic rings. The Kier molecular flexibility index (Phi) is 38.6. The number of phosphoric acid groups is 1. The third-order valence-electron chi connectivity index (χ3n) is 9.38. The molecule has 0 aliphatic heterocycles. The summed E-state index contributed by atoms with van der Waals surface area (Å²) in [6.07, 6.45) is 47.2. The maximum atomic E-state index is 12.4. The Morgan fingerprint density at radius 3 is 1.30 bits per heavy atom. The van der Waals surface area contributed by atoms with Crippen LogP contribution < -0.4 is 0 Å². The van der Waals surface area contributed by atoms with Gasteiger partial charge in [-0.1, -0.05) is 166 Å². The molecule has 0 radical (unpaired) electrons. The van der Waals surface area contributed by atoms with E-state index in [0.29, 0.717) is 12.8 Å². The van der Waals surface area contributed by atoms with Crippen LogP contribution in [0.15, 0.2) is 36.5 Å². The molecule has 0 aromatic rings. The van der Waals surface area contributed by atoms with Crippen molar-refractivity contribution in [1.29, 1.82) is 0 Å². The first kappa shape index (κ1) is 51.3. The Labute approximate surface area is 325 Å². The van der Waals surface area contributed by atoms with Crippen LogP contribution in [-0.4, -0.2) is 41.0 Å². The third kappa shape index (κ3) is 42.9. The molecule has 0 bridgehead atoms. The van der Waals surface area contributed by atoms with E-state index >= 15 is 0 Å². The van der Waals surface area contributed by atoms with E-state index in [-0.39, 0.29) is 19.4 Å². The monoisotopic (exact) mass is 769 g/mol. The second-order valence-electron chi connectivity index (χ2n) is 14.7. The average molecular weight is 769 g/mol. The molecule has 2 N–H and O–H groups in total. The summed E-state index contributed by atoms with van der Waals surface area (Å²) in [5.74, 6) is -0.895. The lowest BCUT2D eigenvalue weighted by Crippen LogP contribution is -2.29. The molecule has 53 heavy (non-hydrogen) atoms. The van der Waals surface area contributed by atoms with Crippen molar-refractivity contribution in [3.05, 3.63) is 36.5 Å². The molecule has 1 atom stereocenters. The van der Waals surface area contributed by atoms with Crippen molar-refractivity contribution in [2.24, 2.45) is 0 Å². The fourth-order valence-corrected chi connectivity index (χ4v) is 6.46. The first-order valence-electron chi connectivity index (χ1n) is 21.8. The SMILES string of the molecule is CCCCC/C=C\C/C=C\CCCCCCCCCCCC(=O)OC(COC(=O)CCCCCCC/C=C\CCCCCCCCC)COP(=O)(O)O. The Bertz CT molecular complexity index is 957. The van der Waals surface area contributed by atoms with E-state index in [0.717, 1.165) is 64.2 Å². The van der Waals surface area contributed by atoms with Crippen LogP contribution in [0, 0.1) is 0 Å². The largest absolute Gasteiger partial charge is 0.469 e. The van der Waals surface area contributed by atoms with Gasteiger partial charge in [0.05, 0.1) is 6.61 Å². The fourth-order valence-electron chi connectivity index (χ4n) is 6.10. The average Bonchev–Trinajstić information content (AvgIpc) is 3.13. The number of carbonyl (C=O) groups excluding carboxylic acids is 2. The number of phosphoric ester groups is 1. The van der Waals surface area contributed by atoms with Crippen molar-refractivity contribution in [3.63, 3.8) is 0 Å². The van der Waals surface area contributed by atoms with Crippen LogP contribution in [0.3, 0.4) is 0 Å². The Morgan fingerprint density at radius 2 is 0.849 bits per heavy atom. The second-order valence-corrected chi connectivity index (χ2v) is 15.9. The van der Waals surface area contributed by atoms with E-state index in [1.54, 1.807) is 0 Å². The van der Waals surface area contributed by atoms with E-state index in [1.807, 2.05) is 0 Å². The van der Waals surface area contributed by atoms with Gasteiger partial charge in [0, 0.05) is 12.8 Å². The summed E-state index contributed by atoms with van der Waals surface area (Å²) < 4.78 is 26.4. The summed E-state index contributed by atoms with van der Waals surface area (Å²) in [6.45, 7) is 3.66. The molecule has 0 fully saturated rings. The highest BCUT2D eigenvalue weighted by Gasteiger charge is 2.22. The van der Waals surface area contributed by atoms with E-state index in [9.17, 15) is 14.2 Å². The molecule has 0 aliphatic carbocycles. The Hall–Kier alpha value is -1.73. The van der Waals surface area contributed by atoms with Gasteiger partial charge in [0.1, 0.15) is 6.61 Å². The van der Waals surface area contributed by atoms with E-state index < -0.39 is 32.5 Å². The minimum absolute atomic E-state index is 0.206. The fraction of sp³-hybridized carbons (Fsp3) is 0.818. The van der Waals surface area contributed by atoms with Crippen LogP contribution in [0.2, 0.25) is 0 Å². The van der Waals surface area contributed by atoms with Crippen molar-refractivity contribution in [1.82, 2.24) is 0 Å². The number of ether oxygens (including phenoxy) is 2. The summed E-state index contributed by atoms with van der Waals surface area (Å²) in [6, 6.07) is 0. The minimum Gasteiger partial charge on any atom is -0.462 e. The van der Waals surface area contributed by atoms with Gasteiger partial charge in [0.2, 0.25) is 0 Å². The number of hydrogen-bond donors (Lipinski definition) is 2.